The van der Waals surface area contributed by atoms with Gasteiger partial charge in [0.25, 0.3) is 0 Å². The Hall–Kier alpha value is -1.50. The monoisotopic (exact) mass is 355 g/mol. The lowest BCUT2D eigenvalue weighted by Gasteiger charge is -2.27. The van der Waals surface area contributed by atoms with Crippen molar-refractivity contribution in [3.8, 4) is 11.5 Å². The molecule has 2 fully saturated rings. The average molecular weight is 356 g/mol. The molecule has 134 valence electrons. The number of methoxy groups -OCH3 is 2. The SMILES string of the molecule is COc1cc(CN2CCC(NC(=O)C3CNC3)C2)cc(OC)c1.Cl. The van der Waals surface area contributed by atoms with Gasteiger partial charge in [-0.1, -0.05) is 0 Å². The van der Waals surface area contributed by atoms with Gasteiger partial charge in [-0.05, 0) is 24.1 Å². The topological polar surface area (TPSA) is 62.8 Å². The molecule has 0 spiro atoms. The van der Waals surface area contributed by atoms with Gasteiger partial charge in [-0.15, -0.1) is 12.4 Å². The molecule has 1 amide bonds. The second-order valence-corrected chi connectivity index (χ2v) is 6.31. The van der Waals surface area contributed by atoms with E-state index in [1.807, 2.05) is 18.2 Å². The fraction of sp³-hybridized carbons (Fsp3) is 0.588. The number of amides is 1. The average Bonchev–Trinajstić information content (AvgIpc) is 2.91. The van der Waals surface area contributed by atoms with E-state index >= 15 is 0 Å². The van der Waals surface area contributed by atoms with E-state index in [2.05, 4.69) is 15.5 Å². The molecule has 3 rings (SSSR count). The molecule has 1 unspecified atom stereocenters. The van der Waals surface area contributed by atoms with E-state index < -0.39 is 0 Å². The number of carbonyl (C=O) groups excluding carboxylic acids is 1. The van der Waals surface area contributed by atoms with E-state index in [0.29, 0.717) is 0 Å². The molecule has 0 saturated carbocycles. The number of carbonyl (C=O) groups is 1. The van der Waals surface area contributed by atoms with Crippen LogP contribution in [0.2, 0.25) is 0 Å². The zero-order valence-electron chi connectivity index (χ0n) is 14.2. The van der Waals surface area contributed by atoms with Gasteiger partial charge in [0.15, 0.2) is 0 Å². The minimum Gasteiger partial charge on any atom is -0.497 e. The molecule has 7 heteroatoms. The van der Waals surface area contributed by atoms with Crippen molar-refractivity contribution in [1.82, 2.24) is 15.5 Å². The first kappa shape index (κ1) is 18.8. The Morgan fingerprint density at radius 1 is 1.25 bits per heavy atom. The molecule has 0 bridgehead atoms. The lowest BCUT2D eigenvalue weighted by molar-refractivity contribution is -0.127. The van der Waals surface area contributed by atoms with Crippen molar-refractivity contribution in [2.45, 2.75) is 19.0 Å². The molecule has 0 aromatic heterocycles. The van der Waals surface area contributed by atoms with Crippen molar-refractivity contribution in [3.63, 3.8) is 0 Å². The highest BCUT2D eigenvalue weighted by atomic mass is 35.5. The Bertz CT molecular complexity index is 544. The van der Waals surface area contributed by atoms with Crippen LogP contribution in [0.4, 0.5) is 0 Å². The summed E-state index contributed by atoms with van der Waals surface area (Å²) < 4.78 is 10.6. The van der Waals surface area contributed by atoms with E-state index in [1.54, 1.807) is 14.2 Å². The third-order valence-electron chi connectivity index (χ3n) is 4.59. The predicted octanol–water partition coefficient (Wildman–Crippen LogP) is 1.04. The Morgan fingerprint density at radius 3 is 2.46 bits per heavy atom. The molecule has 0 radical (unpaired) electrons. The molecule has 2 heterocycles. The van der Waals surface area contributed by atoms with Crippen LogP contribution >= 0.6 is 12.4 Å². The molecule has 6 nitrogen and oxygen atoms in total. The first-order valence-electron chi connectivity index (χ1n) is 8.13. The third kappa shape index (κ3) is 4.53. The molecule has 2 N–H and O–H groups in total. The highest BCUT2D eigenvalue weighted by Gasteiger charge is 2.29. The maximum absolute atomic E-state index is 12.0. The van der Waals surface area contributed by atoms with Gasteiger partial charge in [0.05, 0.1) is 20.1 Å². The van der Waals surface area contributed by atoms with Crippen molar-refractivity contribution in [3.05, 3.63) is 23.8 Å². The van der Waals surface area contributed by atoms with E-state index in [0.717, 1.165) is 56.2 Å². The van der Waals surface area contributed by atoms with Crippen LogP contribution in [0.3, 0.4) is 0 Å². The summed E-state index contributed by atoms with van der Waals surface area (Å²) in [4.78, 5) is 14.4. The van der Waals surface area contributed by atoms with Crippen molar-refractivity contribution in [2.75, 3.05) is 40.4 Å². The number of hydrogen-bond donors (Lipinski definition) is 2. The second kappa shape index (κ2) is 8.55. The summed E-state index contributed by atoms with van der Waals surface area (Å²) in [6.45, 7) is 4.35. The number of halogens is 1. The molecule has 2 aliphatic rings. The first-order chi connectivity index (χ1) is 11.2. The molecule has 0 aliphatic carbocycles. The summed E-state index contributed by atoms with van der Waals surface area (Å²) in [5.74, 6) is 1.96. The van der Waals surface area contributed by atoms with Gasteiger partial charge < -0.3 is 20.1 Å². The highest BCUT2D eigenvalue weighted by Crippen LogP contribution is 2.24. The number of ether oxygens (including phenoxy) is 2. The summed E-state index contributed by atoms with van der Waals surface area (Å²) in [6, 6.07) is 6.21. The summed E-state index contributed by atoms with van der Waals surface area (Å²) in [7, 11) is 3.32. The van der Waals surface area contributed by atoms with Gasteiger partial charge in [-0.2, -0.15) is 0 Å². The van der Waals surface area contributed by atoms with Gasteiger partial charge in [0.2, 0.25) is 5.91 Å². The molecule has 1 aromatic rings. The Kier molecular flexibility index (Phi) is 6.71. The zero-order chi connectivity index (χ0) is 16.2. The van der Waals surface area contributed by atoms with Crippen molar-refractivity contribution in [1.29, 1.82) is 0 Å². The summed E-state index contributed by atoms with van der Waals surface area (Å²) >= 11 is 0. The zero-order valence-corrected chi connectivity index (χ0v) is 15.0. The van der Waals surface area contributed by atoms with E-state index in [4.69, 9.17) is 9.47 Å². The van der Waals surface area contributed by atoms with Crippen LogP contribution in [0, 0.1) is 5.92 Å². The molecule has 1 atom stereocenters. The van der Waals surface area contributed by atoms with Crippen molar-refractivity contribution < 1.29 is 14.3 Å². The summed E-state index contributed by atoms with van der Waals surface area (Å²) in [6.07, 6.45) is 1.01. The van der Waals surface area contributed by atoms with E-state index in [1.165, 1.54) is 0 Å². The van der Waals surface area contributed by atoms with Gasteiger partial charge in [0, 0.05) is 44.8 Å². The number of benzene rings is 1. The van der Waals surface area contributed by atoms with Crippen LogP contribution in [0.15, 0.2) is 18.2 Å². The standard InChI is InChI=1S/C17H25N3O3.ClH/c1-22-15-5-12(6-16(7-15)23-2)10-20-4-3-14(11-20)19-17(21)13-8-18-9-13;/h5-7,13-14,18H,3-4,8-11H2,1-2H3,(H,19,21);1H. The Morgan fingerprint density at radius 2 is 1.92 bits per heavy atom. The van der Waals surface area contributed by atoms with E-state index in [9.17, 15) is 4.79 Å². The van der Waals surface area contributed by atoms with Crippen molar-refractivity contribution in [2.24, 2.45) is 5.92 Å². The van der Waals surface area contributed by atoms with Gasteiger partial charge >= 0.3 is 0 Å². The van der Waals surface area contributed by atoms with Gasteiger partial charge in [-0.25, -0.2) is 0 Å². The molecule has 1 aromatic carbocycles. The lowest BCUT2D eigenvalue weighted by atomic mass is 10.0. The first-order valence-corrected chi connectivity index (χ1v) is 8.13. The normalized spacial score (nSPS) is 20.8. The summed E-state index contributed by atoms with van der Waals surface area (Å²) in [5.41, 5.74) is 1.16. The van der Waals surface area contributed by atoms with E-state index in [-0.39, 0.29) is 30.3 Å². The lowest BCUT2D eigenvalue weighted by Crippen LogP contribution is -2.53. The Labute approximate surface area is 149 Å². The largest absolute Gasteiger partial charge is 0.497 e. The molecule has 2 aliphatic heterocycles. The minimum absolute atomic E-state index is 0. The van der Waals surface area contributed by atoms with Crippen LogP contribution in [0.1, 0.15) is 12.0 Å². The number of nitrogens with zero attached hydrogens (tertiary/aromatic N) is 1. The summed E-state index contributed by atoms with van der Waals surface area (Å²) in [5, 5.41) is 6.31. The fourth-order valence-electron chi connectivity index (χ4n) is 3.10. The van der Waals surface area contributed by atoms with Crippen LogP contribution in [0.5, 0.6) is 11.5 Å². The third-order valence-corrected chi connectivity index (χ3v) is 4.59. The minimum atomic E-state index is 0. The fourth-order valence-corrected chi connectivity index (χ4v) is 3.10. The maximum Gasteiger partial charge on any atom is 0.225 e. The quantitative estimate of drug-likeness (QED) is 0.798. The van der Waals surface area contributed by atoms with Gasteiger partial charge in [0.1, 0.15) is 11.5 Å². The smallest absolute Gasteiger partial charge is 0.225 e. The Balaban J connectivity index is 0.00000208. The van der Waals surface area contributed by atoms with Crippen LogP contribution in [-0.2, 0) is 11.3 Å². The highest BCUT2D eigenvalue weighted by molar-refractivity contribution is 5.85. The van der Waals surface area contributed by atoms with Crippen LogP contribution in [-0.4, -0.2) is 57.2 Å². The number of hydrogen-bond acceptors (Lipinski definition) is 5. The predicted molar refractivity (Wildman–Crippen MR) is 95.0 cm³/mol. The molecular formula is C17H26ClN3O3. The number of nitrogens with one attached hydrogen (secondary N) is 2. The molecular weight excluding hydrogens is 330 g/mol. The van der Waals surface area contributed by atoms with Crippen LogP contribution in [0.25, 0.3) is 0 Å². The van der Waals surface area contributed by atoms with Crippen LogP contribution < -0.4 is 20.1 Å². The maximum atomic E-state index is 12.0. The molecule has 24 heavy (non-hydrogen) atoms. The van der Waals surface area contributed by atoms with Crippen molar-refractivity contribution >= 4 is 18.3 Å². The number of rotatable bonds is 6. The number of likely N-dealkylation sites (tertiary alicyclic amines) is 1. The molecule has 2 saturated heterocycles. The van der Waals surface area contributed by atoms with Gasteiger partial charge in [-0.3, -0.25) is 9.69 Å². The second-order valence-electron chi connectivity index (χ2n) is 6.31.